The summed E-state index contributed by atoms with van der Waals surface area (Å²) < 4.78 is 0. The van der Waals surface area contributed by atoms with Gasteiger partial charge in [0, 0.05) is 5.92 Å². The van der Waals surface area contributed by atoms with Gasteiger partial charge in [0.25, 0.3) is 0 Å². The van der Waals surface area contributed by atoms with E-state index >= 15 is 0 Å². The predicted molar refractivity (Wildman–Crippen MR) is 62.7 cm³/mol. The summed E-state index contributed by atoms with van der Waals surface area (Å²) in [5.41, 5.74) is 1.15. The molecule has 2 rings (SSSR count). The maximum Gasteiger partial charge on any atom is 0.161 e. The van der Waals surface area contributed by atoms with Crippen LogP contribution in [0.15, 0.2) is 11.6 Å². The van der Waals surface area contributed by atoms with E-state index in [1.165, 1.54) is 25.7 Å². The summed E-state index contributed by atoms with van der Waals surface area (Å²) >= 11 is 0. The van der Waals surface area contributed by atoms with Gasteiger partial charge in [0.15, 0.2) is 5.78 Å². The van der Waals surface area contributed by atoms with E-state index in [2.05, 4.69) is 13.0 Å². The lowest BCUT2D eigenvalue weighted by Crippen LogP contribution is -2.16. The average molecular weight is 206 g/mol. The third-order valence-corrected chi connectivity index (χ3v) is 4.03. The number of allylic oxidation sites excluding steroid dienone is 2. The topological polar surface area (TPSA) is 17.1 Å². The Labute approximate surface area is 92.9 Å². The molecule has 0 aromatic carbocycles. The number of hydrogen-bond acceptors (Lipinski definition) is 1. The molecular formula is C14H22O. The first-order chi connectivity index (χ1) is 7.33. The van der Waals surface area contributed by atoms with Gasteiger partial charge in [-0.2, -0.15) is 0 Å². The second-order valence-electron chi connectivity index (χ2n) is 5.07. The molecule has 1 unspecified atom stereocenters. The van der Waals surface area contributed by atoms with Gasteiger partial charge in [0.2, 0.25) is 0 Å². The zero-order valence-electron chi connectivity index (χ0n) is 9.80. The van der Waals surface area contributed by atoms with Crippen LogP contribution >= 0.6 is 0 Å². The molecule has 1 nitrogen and oxygen atoms in total. The molecule has 0 spiro atoms. The fraction of sp³-hybridized carbons (Fsp3) is 0.786. The molecule has 0 heterocycles. The highest BCUT2D eigenvalue weighted by atomic mass is 16.1. The van der Waals surface area contributed by atoms with E-state index in [9.17, 15) is 4.79 Å². The standard InChI is InChI=1S/C14H22O/c1-2-3-6-12-9-10-13(14(12)15)11-7-4-5-8-11/h6,11,13H,2-5,7-10H2,1H3/b12-6-. The van der Waals surface area contributed by atoms with E-state index in [0.29, 0.717) is 11.7 Å². The van der Waals surface area contributed by atoms with Crippen LogP contribution in [-0.4, -0.2) is 5.78 Å². The predicted octanol–water partition coefficient (Wildman–Crippen LogP) is 3.88. The van der Waals surface area contributed by atoms with Gasteiger partial charge in [0.1, 0.15) is 0 Å². The Bertz CT molecular complexity index is 259. The maximum atomic E-state index is 12.1. The molecule has 0 saturated heterocycles. The van der Waals surface area contributed by atoms with Gasteiger partial charge in [-0.15, -0.1) is 0 Å². The lowest BCUT2D eigenvalue weighted by molar-refractivity contribution is -0.119. The lowest BCUT2D eigenvalue weighted by Gasteiger charge is -2.15. The molecule has 2 aliphatic rings. The molecule has 2 saturated carbocycles. The minimum atomic E-state index is 0.399. The Balaban J connectivity index is 1.97. The normalized spacial score (nSPS) is 30.6. The fourth-order valence-corrected chi connectivity index (χ4v) is 3.13. The molecule has 0 N–H and O–H groups in total. The van der Waals surface area contributed by atoms with Gasteiger partial charge in [-0.3, -0.25) is 4.79 Å². The van der Waals surface area contributed by atoms with Crippen molar-refractivity contribution in [3.63, 3.8) is 0 Å². The van der Waals surface area contributed by atoms with E-state index in [0.717, 1.165) is 37.2 Å². The molecule has 1 heteroatoms. The Kier molecular flexibility index (Phi) is 3.61. The summed E-state index contributed by atoms with van der Waals surface area (Å²) in [5.74, 6) is 1.62. The Morgan fingerprint density at radius 2 is 2.00 bits per heavy atom. The minimum Gasteiger partial charge on any atom is -0.294 e. The Morgan fingerprint density at radius 1 is 1.27 bits per heavy atom. The largest absolute Gasteiger partial charge is 0.294 e. The first-order valence-corrected chi connectivity index (χ1v) is 6.56. The van der Waals surface area contributed by atoms with Crippen molar-refractivity contribution in [3.05, 3.63) is 11.6 Å². The Hall–Kier alpha value is -0.590. The maximum absolute atomic E-state index is 12.1. The van der Waals surface area contributed by atoms with Crippen LogP contribution in [0.2, 0.25) is 0 Å². The molecular weight excluding hydrogens is 184 g/mol. The summed E-state index contributed by atoms with van der Waals surface area (Å²) in [5, 5.41) is 0. The van der Waals surface area contributed by atoms with Crippen LogP contribution in [0.3, 0.4) is 0 Å². The highest BCUT2D eigenvalue weighted by Gasteiger charge is 2.36. The van der Waals surface area contributed by atoms with E-state index in [-0.39, 0.29) is 0 Å². The first-order valence-electron chi connectivity index (χ1n) is 6.56. The summed E-state index contributed by atoms with van der Waals surface area (Å²) in [6.07, 6.45) is 11.9. The number of ketones is 1. The van der Waals surface area contributed by atoms with Crippen molar-refractivity contribution in [1.82, 2.24) is 0 Å². The van der Waals surface area contributed by atoms with Crippen molar-refractivity contribution >= 4 is 5.78 Å². The van der Waals surface area contributed by atoms with Crippen molar-refractivity contribution in [3.8, 4) is 0 Å². The number of Topliss-reactive ketones (excluding diaryl/α,β-unsaturated/α-hetero) is 1. The van der Waals surface area contributed by atoms with Crippen LogP contribution in [0.1, 0.15) is 58.3 Å². The van der Waals surface area contributed by atoms with Gasteiger partial charge in [-0.1, -0.05) is 32.3 Å². The van der Waals surface area contributed by atoms with Crippen molar-refractivity contribution in [2.24, 2.45) is 11.8 Å². The van der Waals surface area contributed by atoms with Crippen molar-refractivity contribution in [1.29, 1.82) is 0 Å². The van der Waals surface area contributed by atoms with Crippen LogP contribution in [0.25, 0.3) is 0 Å². The zero-order chi connectivity index (χ0) is 10.7. The molecule has 2 fully saturated rings. The number of rotatable bonds is 3. The third-order valence-electron chi connectivity index (χ3n) is 4.03. The molecule has 0 aromatic heterocycles. The van der Waals surface area contributed by atoms with Gasteiger partial charge in [0.05, 0.1) is 0 Å². The fourth-order valence-electron chi connectivity index (χ4n) is 3.13. The highest BCUT2D eigenvalue weighted by Crippen LogP contribution is 2.40. The molecule has 15 heavy (non-hydrogen) atoms. The second-order valence-corrected chi connectivity index (χ2v) is 5.07. The molecule has 0 radical (unpaired) electrons. The lowest BCUT2D eigenvalue weighted by atomic mass is 9.88. The summed E-state index contributed by atoms with van der Waals surface area (Å²) in [6, 6.07) is 0. The zero-order valence-corrected chi connectivity index (χ0v) is 9.80. The monoisotopic (exact) mass is 206 g/mol. The van der Waals surface area contributed by atoms with Gasteiger partial charge >= 0.3 is 0 Å². The van der Waals surface area contributed by atoms with E-state index in [1.807, 2.05) is 0 Å². The molecule has 0 bridgehead atoms. The molecule has 2 aliphatic carbocycles. The first kappa shape index (κ1) is 10.9. The summed E-state index contributed by atoms with van der Waals surface area (Å²) in [6.45, 7) is 2.17. The second kappa shape index (κ2) is 4.96. The number of carbonyl (C=O) groups is 1. The van der Waals surface area contributed by atoms with Gasteiger partial charge in [-0.05, 0) is 43.6 Å². The molecule has 0 amide bonds. The molecule has 0 aliphatic heterocycles. The van der Waals surface area contributed by atoms with Crippen LogP contribution < -0.4 is 0 Å². The quantitative estimate of drug-likeness (QED) is 0.640. The molecule has 0 aromatic rings. The minimum absolute atomic E-state index is 0.399. The smallest absolute Gasteiger partial charge is 0.161 e. The highest BCUT2D eigenvalue weighted by molar-refractivity contribution is 5.99. The van der Waals surface area contributed by atoms with E-state index < -0.39 is 0 Å². The van der Waals surface area contributed by atoms with Crippen LogP contribution in [0.5, 0.6) is 0 Å². The van der Waals surface area contributed by atoms with Crippen molar-refractivity contribution in [2.45, 2.75) is 58.3 Å². The summed E-state index contributed by atoms with van der Waals surface area (Å²) in [4.78, 5) is 12.1. The van der Waals surface area contributed by atoms with Crippen LogP contribution in [-0.2, 0) is 4.79 Å². The molecule has 84 valence electrons. The van der Waals surface area contributed by atoms with E-state index in [4.69, 9.17) is 0 Å². The van der Waals surface area contributed by atoms with Crippen molar-refractivity contribution in [2.75, 3.05) is 0 Å². The van der Waals surface area contributed by atoms with Gasteiger partial charge < -0.3 is 0 Å². The number of hydrogen-bond donors (Lipinski definition) is 0. The average Bonchev–Trinajstić information content (AvgIpc) is 2.84. The number of unbranched alkanes of at least 4 members (excludes halogenated alkanes) is 1. The number of carbonyl (C=O) groups excluding carboxylic acids is 1. The summed E-state index contributed by atoms with van der Waals surface area (Å²) in [7, 11) is 0. The SMILES string of the molecule is CCC/C=C1/CCC(C2CCCC2)C1=O. The van der Waals surface area contributed by atoms with Crippen LogP contribution in [0, 0.1) is 11.8 Å². The van der Waals surface area contributed by atoms with Crippen LogP contribution in [0.4, 0.5) is 0 Å². The third kappa shape index (κ3) is 2.32. The van der Waals surface area contributed by atoms with Gasteiger partial charge in [-0.25, -0.2) is 0 Å². The molecule has 1 atom stereocenters. The Morgan fingerprint density at radius 3 is 2.67 bits per heavy atom. The van der Waals surface area contributed by atoms with E-state index in [1.54, 1.807) is 0 Å². The van der Waals surface area contributed by atoms with Crippen molar-refractivity contribution < 1.29 is 4.79 Å².